The maximum atomic E-state index is 13.4. The van der Waals surface area contributed by atoms with Crippen molar-refractivity contribution in [1.29, 1.82) is 0 Å². The molecule has 0 bridgehead atoms. The van der Waals surface area contributed by atoms with E-state index >= 15 is 0 Å². The third-order valence-corrected chi connectivity index (χ3v) is 7.67. The summed E-state index contributed by atoms with van der Waals surface area (Å²) >= 11 is 0. The average Bonchev–Trinajstić information content (AvgIpc) is 3.24. The van der Waals surface area contributed by atoms with Crippen LogP contribution in [0.4, 0.5) is 5.69 Å². The van der Waals surface area contributed by atoms with Gasteiger partial charge in [-0.05, 0) is 63.8 Å². The van der Waals surface area contributed by atoms with Crippen LogP contribution in [0.1, 0.15) is 36.5 Å². The van der Waals surface area contributed by atoms with Crippen molar-refractivity contribution in [2.45, 2.75) is 51.5 Å². The molecule has 3 rings (SSSR count). The van der Waals surface area contributed by atoms with Crippen molar-refractivity contribution >= 4 is 27.6 Å². The second kappa shape index (κ2) is 10.4. The minimum Gasteiger partial charge on any atom is -0.492 e. The molecule has 1 N–H and O–H groups in total. The number of carbonyl (C=O) groups excluding carboxylic acids is 2. The molecule has 1 atom stereocenters. The summed E-state index contributed by atoms with van der Waals surface area (Å²) in [4.78, 5) is 25.3. The van der Waals surface area contributed by atoms with E-state index in [9.17, 15) is 18.0 Å². The molecule has 9 heteroatoms. The zero-order valence-electron chi connectivity index (χ0n) is 19.4. The Hall–Kier alpha value is -2.91. The monoisotopic (exact) mass is 474 g/mol. The highest BCUT2D eigenvalue weighted by atomic mass is 32.2. The number of rotatable bonds is 8. The summed E-state index contributed by atoms with van der Waals surface area (Å²) in [5.41, 5.74) is 2.71. The lowest BCUT2D eigenvalue weighted by molar-refractivity contribution is -0.150. The van der Waals surface area contributed by atoms with Crippen LogP contribution in [-0.2, 0) is 24.3 Å². The number of para-hydroxylation sites is 2. The van der Waals surface area contributed by atoms with E-state index in [-0.39, 0.29) is 11.4 Å². The van der Waals surface area contributed by atoms with Gasteiger partial charge in [0, 0.05) is 6.54 Å². The van der Waals surface area contributed by atoms with Gasteiger partial charge in [-0.3, -0.25) is 9.59 Å². The third-order valence-electron chi connectivity index (χ3n) is 5.45. The van der Waals surface area contributed by atoms with Gasteiger partial charge in [-0.1, -0.05) is 29.8 Å². The minimum atomic E-state index is -3.89. The molecular formula is C24H30N2O6S. The van der Waals surface area contributed by atoms with Gasteiger partial charge in [0.15, 0.2) is 6.61 Å². The number of ether oxygens (including phenoxy) is 2. The highest BCUT2D eigenvalue weighted by molar-refractivity contribution is 7.89. The van der Waals surface area contributed by atoms with Gasteiger partial charge in [-0.2, -0.15) is 4.31 Å². The fourth-order valence-corrected chi connectivity index (χ4v) is 6.29. The summed E-state index contributed by atoms with van der Waals surface area (Å²) in [5.74, 6) is -0.753. The number of hydrogen-bond donors (Lipinski definition) is 1. The van der Waals surface area contributed by atoms with Gasteiger partial charge >= 0.3 is 5.97 Å². The van der Waals surface area contributed by atoms with Crippen LogP contribution >= 0.6 is 0 Å². The van der Waals surface area contributed by atoms with E-state index in [4.69, 9.17) is 9.47 Å². The van der Waals surface area contributed by atoms with E-state index < -0.39 is 34.5 Å². The molecule has 0 aliphatic carbocycles. The van der Waals surface area contributed by atoms with E-state index in [1.54, 1.807) is 38.1 Å². The predicted octanol–water partition coefficient (Wildman–Crippen LogP) is 3.35. The SMILES string of the molecule is CCOc1ccccc1NC(=O)COC(=O)C1CCCN1S(=O)(=O)c1c(C)cc(C)cc1C. The molecule has 0 aromatic heterocycles. The molecule has 2 aromatic rings. The number of benzene rings is 2. The maximum Gasteiger partial charge on any atom is 0.324 e. The minimum absolute atomic E-state index is 0.220. The van der Waals surface area contributed by atoms with Crippen LogP contribution in [-0.4, -0.2) is 50.4 Å². The van der Waals surface area contributed by atoms with Gasteiger partial charge in [-0.25, -0.2) is 8.42 Å². The van der Waals surface area contributed by atoms with Crippen LogP contribution in [0, 0.1) is 20.8 Å². The number of nitrogens with zero attached hydrogens (tertiary/aromatic N) is 1. The molecular weight excluding hydrogens is 444 g/mol. The summed E-state index contributed by atoms with van der Waals surface area (Å²) in [6.07, 6.45) is 0.883. The molecule has 1 fully saturated rings. The van der Waals surface area contributed by atoms with Gasteiger partial charge in [-0.15, -0.1) is 0 Å². The van der Waals surface area contributed by atoms with Gasteiger partial charge in [0.05, 0.1) is 17.2 Å². The van der Waals surface area contributed by atoms with Crippen molar-refractivity contribution in [1.82, 2.24) is 4.31 Å². The summed E-state index contributed by atoms with van der Waals surface area (Å²) in [6.45, 7) is 7.38. The van der Waals surface area contributed by atoms with Gasteiger partial charge in [0.1, 0.15) is 11.8 Å². The molecule has 8 nitrogen and oxygen atoms in total. The summed E-state index contributed by atoms with van der Waals surface area (Å²) < 4.78 is 38.7. The van der Waals surface area contributed by atoms with Gasteiger partial charge in [0.25, 0.3) is 5.91 Å². The number of anilines is 1. The number of esters is 1. The zero-order valence-corrected chi connectivity index (χ0v) is 20.2. The topological polar surface area (TPSA) is 102 Å². The molecule has 1 unspecified atom stereocenters. The van der Waals surface area contributed by atoms with Crippen molar-refractivity contribution in [2.75, 3.05) is 25.1 Å². The molecule has 178 valence electrons. The summed E-state index contributed by atoms with van der Waals surface area (Å²) in [7, 11) is -3.89. The standard InChI is InChI=1S/C24H30N2O6S/c1-5-31-21-11-7-6-9-19(21)25-22(27)15-32-24(28)20-10-8-12-26(20)33(29,30)23-17(3)13-16(2)14-18(23)4/h6-7,9,11,13-14,20H,5,8,10,12,15H2,1-4H3,(H,25,27). The molecule has 1 amide bonds. The van der Waals surface area contributed by atoms with Crippen molar-refractivity contribution in [2.24, 2.45) is 0 Å². The van der Waals surface area contributed by atoms with Crippen molar-refractivity contribution < 1.29 is 27.5 Å². The largest absolute Gasteiger partial charge is 0.492 e. The van der Waals surface area contributed by atoms with E-state index in [1.165, 1.54) is 4.31 Å². The first-order valence-electron chi connectivity index (χ1n) is 10.9. The first-order valence-corrected chi connectivity index (χ1v) is 12.4. The van der Waals surface area contributed by atoms with Gasteiger partial charge < -0.3 is 14.8 Å². The zero-order chi connectivity index (χ0) is 24.2. The molecule has 2 aromatic carbocycles. The first kappa shape index (κ1) is 24.7. The first-order chi connectivity index (χ1) is 15.6. The quantitative estimate of drug-likeness (QED) is 0.589. The fourth-order valence-electron chi connectivity index (χ4n) is 4.22. The Labute approximate surface area is 194 Å². The Morgan fingerprint density at radius 2 is 1.79 bits per heavy atom. The van der Waals surface area contributed by atoms with Crippen LogP contribution in [0.2, 0.25) is 0 Å². The molecule has 1 saturated heterocycles. The van der Waals surface area contributed by atoms with E-state index in [0.29, 0.717) is 42.0 Å². The van der Waals surface area contributed by atoms with Crippen LogP contribution in [0.15, 0.2) is 41.3 Å². The number of aryl methyl sites for hydroxylation is 3. The number of hydrogen-bond acceptors (Lipinski definition) is 6. The Bertz CT molecular complexity index is 1120. The average molecular weight is 475 g/mol. The molecule has 0 radical (unpaired) electrons. The van der Waals surface area contributed by atoms with Crippen LogP contribution in [0.3, 0.4) is 0 Å². The lowest BCUT2D eigenvalue weighted by Crippen LogP contribution is -2.42. The highest BCUT2D eigenvalue weighted by Crippen LogP contribution is 2.31. The fraction of sp³-hybridized carbons (Fsp3) is 0.417. The van der Waals surface area contributed by atoms with E-state index in [2.05, 4.69) is 5.32 Å². The predicted molar refractivity (Wildman–Crippen MR) is 125 cm³/mol. The Balaban J connectivity index is 1.69. The van der Waals surface area contributed by atoms with Crippen molar-refractivity contribution in [3.63, 3.8) is 0 Å². The molecule has 1 aliphatic rings. The molecule has 33 heavy (non-hydrogen) atoms. The summed E-state index contributed by atoms with van der Waals surface area (Å²) in [6, 6.07) is 9.61. The molecule has 1 aliphatic heterocycles. The van der Waals surface area contributed by atoms with E-state index in [0.717, 1.165) is 5.56 Å². The number of sulfonamides is 1. The normalized spacial score (nSPS) is 16.4. The van der Waals surface area contributed by atoms with E-state index in [1.807, 2.05) is 26.0 Å². The third kappa shape index (κ3) is 5.54. The van der Waals surface area contributed by atoms with Crippen LogP contribution in [0.5, 0.6) is 5.75 Å². The lowest BCUT2D eigenvalue weighted by Gasteiger charge is -2.24. The maximum absolute atomic E-state index is 13.4. The smallest absolute Gasteiger partial charge is 0.324 e. The number of nitrogens with one attached hydrogen (secondary N) is 1. The van der Waals surface area contributed by atoms with Crippen LogP contribution in [0.25, 0.3) is 0 Å². The molecule has 1 heterocycles. The second-order valence-corrected chi connectivity index (χ2v) is 9.91. The lowest BCUT2D eigenvalue weighted by atomic mass is 10.1. The Morgan fingerprint density at radius 1 is 1.12 bits per heavy atom. The van der Waals surface area contributed by atoms with Gasteiger partial charge in [0.2, 0.25) is 10.0 Å². The highest BCUT2D eigenvalue weighted by Gasteiger charge is 2.41. The Morgan fingerprint density at radius 3 is 2.45 bits per heavy atom. The molecule has 0 spiro atoms. The van der Waals surface area contributed by atoms with Crippen LogP contribution < -0.4 is 10.1 Å². The number of carbonyl (C=O) groups is 2. The number of amides is 1. The van der Waals surface area contributed by atoms with Crippen molar-refractivity contribution in [3.8, 4) is 5.75 Å². The van der Waals surface area contributed by atoms with Crippen molar-refractivity contribution in [3.05, 3.63) is 53.1 Å². The summed E-state index contributed by atoms with van der Waals surface area (Å²) in [5, 5.41) is 2.66. The Kier molecular flexibility index (Phi) is 7.76. The second-order valence-electron chi connectivity index (χ2n) is 8.09. The molecule has 0 saturated carbocycles.